The number of ether oxygens (including phenoxy) is 1. The number of hydrogen-bond acceptors (Lipinski definition) is 7. The van der Waals surface area contributed by atoms with Gasteiger partial charge in [0, 0.05) is 19.0 Å². The molecule has 0 aliphatic carbocycles. The number of nitrogens with one attached hydrogen (secondary N) is 1. The lowest BCUT2D eigenvalue weighted by Crippen LogP contribution is -2.40. The molecule has 1 aromatic carbocycles. The van der Waals surface area contributed by atoms with Crippen molar-refractivity contribution in [3.63, 3.8) is 0 Å². The zero-order chi connectivity index (χ0) is 18.7. The first kappa shape index (κ1) is 18.3. The summed E-state index contributed by atoms with van der Waals surface area (Å²) in [6, 6.07) is 7.19. The van der Waals surface area contributed by atoms with E-state index >= 15 is 0 Å². The second-order valence-electron chi connectivity index (χ2n) is 6.04. The zero-order valence-corrected chi connectivity index (χ0v) is 15.3. The van der Waals surface area contributed by atoms with Gasteiger partial charge in [-0.05, 0) is 25.0 Å². The van der Waals surface area contributed by atoms with Crippen LogP contribution in [-0.2, 0) is 14.8 Å². The molecule has 9 nitrogen and oxygen atoms in total. The third-order valence-electron chi connectivity index (χ3n) is 4.29. The summed E-state index contributed by atoms with van der Waals surface area (Å²) in [4.78, 5) is 12.4. The van der Waals surface area contributed by atoms with E-state index < -0.39 is 10.0 Å². The molecule has 2 aromatic rings. The summed E-state index contributed by atoms with van der Waals surface area (Å²) in [6.07, 6.45) is 2.07. The van der Waals surface area contributed by atoms with Crippen molar-refractivity contribution < 1.29 is 22.4 Å². The molecular formula is C16H20N4O5S. The number of sulfonamides is 1. The van der Waals surface area contributed by atoms with E-state index in [1.807, 2.05) is 12.1 Å². The van der Waals surface area contributed by atoms with E-state index in [2.05, 4.69) is 15.5 Å². The molecule has 2 heterocycles. The first-order chi connectivity index (χ1) is 12.4. The van der Waals surface area contributed by atoms with Crippen molar-refractivity contribution in [3.8, 4) is 17.2 Å². The molecule has 1 aliphatic rings. The summed E-state index contributed by atoms with van der Waals surface area (Å²) in [6.45, 7) is 0.653. The lowest BCUT2D eigenvalue weighted by atomic mass is 9.97. The highest BCUT2D eigenvalue weighted by Gasteiger charge is 2.29. The van der Waals surface area contributed by atoms with Crippen LogP contribution in [0.25, 0.3) is 11.5 Å². The van der Waals surface area contributed by atoms with Crippen LogP contribution in [0.3, 0.4) is 0 Å². The maximum atomic E-state index is 12.4. The summed E-state index contributed by atoms with van der Waals surface area (Å²) >= 11 is 0. The van der Waals surface area contributed by atoms with Gasteiger partial charge >= 0.3 is 6.01 Å². The van der Waals surface area contributed by atoms with Gasteiger partial charge in [-0.3, -0.25) is 10.1 Å². The quantitative estimate of drug-likeness (QED) is 0.833. The number of piperidine rings is 1. The van der Waals surface area contributed by atoms with Crippen LogP contribution in [0.2, 0.25) is 0 Å². The smallest absolute Gasteiger partial charge is 0.322 e. The Morgan fingerprint density at radius 1 is 1.27 bits per heavy atom. The molecule has 26 heavy (non-hydrogen) atoms. The number of nitrogens with zero attached hydrogens (tertiary/aromatic N) is 3. The first-order valence-corrected chi connectivity index (χ1v) is 9.96. The maximum absolute atomic E-state index is 12.4. The van der Waals surface area contributed by atoms with Gasteiger partial charge in [0.15, 0.2) is 0 Å². The van der Waals surface area contributed by atoms with Crippen LogP contribution < -0.4 is 10.1 Å². The van der Waals surface area contributed by atoms with Crippen molar-refractivity contribution in [3.05, 3.63) is 24.3 Å². The van der Waals surface area contributed by atoms with Gasteiger partial charge in [0.1, 0.15) is 5.75 Å². The highest BCUT2D eigenvalue weighted by molar-refractivity contribution is 7.88. The Labute approximate surface area is 151 Å². The predicted molar refractivity (Wildman–Crippen MR) is 94.1 cm³/mol. The average molecular weight is 380 g/mol. The van der Waals surface area contributed by atoms with E-state index in [-0.39, 0.29) is 23.7 Å². The Bertz CT molecular complexity index is 888. The van der Waals surface area contributed by atoms with Gasteiger partial charge in [-0.1, -0.05) is 17.2 Å². The fourth-order valence-electron chi connectivity index (χ4n) is 2.86. The van der Waals surface area contributed by atoms with Crippen molar-refractivity contribution in [2.24, 2.45) is 5.92 Å². The van der Waals surface area contributed by atoms with Crippen LogP contribution in [0, 0.1) is 5.92 Å². The number of carbonyl (C=O) groups excluding carboxylic acids is 1. The Kier molecular flexibility index (Phi) is 5.23. The van der Waals surface area contributed by atoms with Gasteiger partial charge in [0.2, 0.25) is 15.9 Å². The minimum Gasteiger partial charge on any atom is -0.496 e. The number of para-hydroxylation sites is 1. The summed E-state index contributed by atoms with van der Waals surface area (Å²) in [5.41, 5.74) is 0.629. The number of rotatable bonds is 5. The molecule has 0 bridgehead atoms. The van der Waals surface area contributed by atoms with Crippen molar-refractivity contribution in [2.45, 2.75) is 12.8 Å². The Balaban J connectivity index is 1.64. The van der Waals surface area contributed by atoms with Crippen molar-refractivity contribution in [2.75, 3.05) is 31.8 Å². The maximum Gasteiger partial charge on any atom is 0.322 e. The van der Waals surface area contributed by atoms with Crippen LogP contribution in [-0.4, -0.2) is 55.3 Å². The first-order valence-electron chi connectivity index (χ1n) is 8.11. The highest BCUT2D eigenvalue weighted by Crippen LogP contribution is 2.29. The number of anilines is 1. The lowest BCUT2D eigenvalue weighted by molar-refractivity contribution is -0.121. The van der Waals surface area contributed by atoms with Crippen LogP contribution in [0.4, 0.5) is 6.01 Å². The molecule has 1 aliphatic heterocycles. The van der Waals surface area contributed by atoms with E-state index in [9.17, 15) is 13.2 Å². The molecule has 1 aromatic heterocycles. The molecule has 1 saturated heterocycles. The Morgan fingerprint density at radius 2 is 1.96 bits per heavy atom. The second-order valence-corrected chi connectivity index (χ2v) is 8.02. The van der Waals surface area contributed by atoms with Crippen LogP contribution in [0.15, 0.2) is 28.7 Å². The molecular weight excluding hydrogens is 360 g/mol. The largest absolute Gasteiger partial charge is 0.496 e. The Hall–Kier alpha value is -2.46. The monoisotopic (exact) mass is 380 g/mol. The summed E-state index contributed by atoms with van der Waals surface area (Å²) < 4.78 is 35.2. The molecule has 0 atom stereocenters. The Morgan fingerprint density at radius 3 is 2.62 bits per heavy atom. The van der Waals surface area contributed by atoms with E-state index in [4.69, 9.17) is 9.15 Å². The second kappa shape index (κ2) is 7.42. The molecule has 0 saturated carbocycles. The molecule has 0 unspecified atom stereocenters. The minimum absolute atomic E-state index is 0.00134. The molecule has 0 radical (unpaired) electrons. The molecule has 1 fully saturated rings. The van der Waals surface area contributed by atoms with Gasteiger partial charge in [0.25, 0.3) is 5.89 Å². The van der Waals surface area contributed by atoms with Crippen molar-refractivity contribution in [1.82, 2.24) is 14.5 Å². The normalized spacial score (nSPS) is 16.4. The van der Waals surface area contributed by atoms with Gasteiger partial charge < -0.3 is 9.15 Å². The molecule has 3 rings (SSSR count). The summed E-state index contributed by atoms with van der Waals surface area (Å²) in [7, 11) is -1.68. The number of hydrogen-bond donors (Lipinski definition) is 1. The third-order valence-corrected chi connectivity index (χ3v) is 5.59. The molecule has 140 valence electrons. The van der Waals surface area contributed by atoms with Crippen molar-refractivity contribution in [1.29, 1.82) is 0 Å². The number of methoxy groups -OCH3 is 1. The highest BCUT2D eigenvalue weighted by atomic mass is 32.2. The number of amides is 1. The topological polar surface area (TPSA) is 115 Å². The summed E-state index contributed by atoms with van der Waals surface area (Å²) in [5, 5.41) is 10.4. The van der Waals surface area contributed by atoms with Gasteiger partial charge in [-0.25, -0.2) is 12.7 Å². The van der Waals surface area contributed by atoms with E-state index in [1.165, 1.54) is 10.6 Å². The van der Waals surface area contributed by atoms with Gasteiger partial charge in [-0.2, -0.15) is 0 Å². The minimum atomic E-state index is -3.22. The molecule has 10 heteroatoms. The SMILES string of the molecule is COc1ccccc1-c1nnc(NC(=O)C2CCN(S(C)(=O)=O)CC2)o1. The van der Waals surface area contributed by atoms with Crippen LogP contribution in [0.1, 0.15) is 12.8 Å². The van der Waals surface area contributed by atoms with E-state index in [1.54, 1.807) is 19.2 Å². The standard InChI is InChI=1S/C16H20N4O5S/c1-24-13-6-4-3-5-12(13)15-18-19-16(25-15)17-14(21)11-7-9-20(10-8-11)26(2,22)23/h3-6,11H,7-10H2,1-2H3,(H,17,19,21). The van der Waals surface area contributed by atoms with Gasteiger partial charge in [-0.15, -0.1) is 5.10 Å². The predicted octanol–water partition coefficient (Wildman–Crippen LogP) is 1.36. The van der Waals surface area contributed by atoms with Crippen LogP contribution >= 0.6 is 0 Å². The summed E-state index contributed by atoms with van der Waals surface area (Å²) in [5.74, 6) is 0.273. The zero-order valence-electron chi connectivity index (χ0n) is 14.5. The van der Waals surface area contributed by atoms with Gasteiger partial charge in [0.05, 0.1) is 18.9 Å². The number of carbonyl (C=O) groups is 1. The number of aromatic nitrogens is 2. The van der Waals surface area contributed by atoms with Crippen molar-refractivity contribution >= 4 is 21.9 Å². The number of benzene rings is 1. The van der Waals surface area contributed by atoms with E-state index in [0.717, 1.165) is 0 Å². The average Bonchev–Trinajstić information content (AvgIpc) is 3.09. The molecule has 1 N–H and O–H groups in total. The van der Waals surface area contributed by atoms with E-state index in [0.29, 0.717) is 37.2 Å². The molecule has 0 spiro atoms. The van der Waals surface area contributed by atoms with Crippen LogP contribution in [0.5, 0.6) is 5.75 Å². The molecule has 1 amide bonds. The third kappa shape index (κ3) is 4.02. The fourth-order valence-corrected chi connectivity index (χ4v) is 3.74. The fraction of sp³-hybridized carbons (Fsp3) is 0.438. The lowest BCUT2D eigenvalue weighted by Gasteiger charge is -2.29.